The van der Waals surface area contributed by atoms with Crippen molar-refractivity contribution in [3.63, 3.8) is 0 Å². The number of anilines is 1. The molecule has 0 saturated carbocycles. The molecule has 1 aliphatic rings. The minimum absolute atomic E-state index is 0.185. The van der Waals surface area contributed by atoms with E-state index in [0.717, 1.165) is 19.5 Å². The summed E-state index contributed by atoms with van der Waals surface area (Å²) in [6.07, 6.45) is 0.990. The lowest BCUT2D eigenvalue weighted by Gasteiger charge is -2.24. The van der Waals surface area contributed by atoms with Gasteiger partial charge in [-0.3, -0.25) is 0 Å². The standard InChI is InChI=1S/C16H24N4O2S/c1-12(2)18-23(21,22)16-9-13(10-17)5-6-15(16)20-8-7-14(11-20)19(3)4/h5-6,9,12,14,18H,7-8,11H2,1-4H3. The second kappa shape index (κ2) is 6.87. The zero-order chi connectivity index (χ0) is 17.2. The van der Waals surface area contributed by atoms with Crippen molar-refractivity contribution in [2.24, 2.45) is 0 Å². The average molecular weight is 336 g/mol. The van der Waals surface area contributed by atoms with Crippen LogP contribution < -0.4 is 9.62 Å². The van der Waals surface area contributed by atoms with Crippen LogP contribution in [0.2, 0.25) is 0 Å². The number of nitrogens with one attached hydrogen (secondary N) is 1. The average Bonchev–Trinajstić information content (AvgIpc) is 2.95. The number of benzene rings is 1. The highest BCUT2D eigenvalue weighted by atomic mass is 32.2. The highest BCUT2D eigenvalue weighted by molar-refractivity contribution is 7.89. The van der Waals surface area contributed by atoms with Gasteiger partial charge < -0.3 is 9.80 Å². The Bertz CT molecular complexity index is 707. The van der Waals surface area contributed by atoms with Crippen LogP contribution in [0.3, 0.4) is 0 Å². The Hall–Kier alpha value is -1.62. The molecule has 0 aliphatic carbocycles. The van der Waals surface area contributed by atoms with E-state index in [9.17, 15) is 8.42 Å². The molecule has 0 aromatic heterocycles. The highest BCUT2D eigenvalue weighted by Crippen LogP contribution is 2.30. The fourth-order valence-electron chi connectivity index (χ4n) is 2.82. The van der Waals surface area contributed by atoms with Crippen LogP contribution in [0.25, 0.3) is 0 Å². The third kappa shape index (κ3) is 4.02. The van der Waals surface area contributed by atoms with Crippen molar-refractivity contribution < 1.29 is 8.42 Å². The number of likely N-dealkylation sites (N-methyl/N-ethyl adjacent to an activating group) is 1. The van der Waals surface area contributed by atoms with Crippen LogP contribution in [-0.2, 0) is 10.0 Å². The zero-order valence-electron chi connectivity index (χ0n) is 14.1. The first-order valence-electron chi connectivity index (χ1n) is 7.72. The summed E-state index contributed by atoms with van der Waals surface area (Å²) in [6, 6.07) is 7.09. The molecular formula is C16H24N4O2S. The van der Waals surface area contributed by atoms with Gasteiger partial charge in [-0.1, -0.05) is 0 Å². The molecule has 0 amide bonds. The van der Waals surface area contributed by atoms with Crippen molar-refractivity contribution in [3.05, 3.63) is 23.8 Å². The molecule has 1 aromatic carbocycles. The van der Waals surface area contributed by atoms with Crippen molar-refractivity contribution in [2.45, 2.75) is 37.2 Å². The fraction of sp³-hybridized carbons (Fsp3) is 0.562. The Morgan fingerprint density at radius 3 is 2.61 bits per heavy atom. The van der Waals surface area contributed by atoms with Crippen LogP contribution in [0, 0.1) is 11.3 Å². The van der Waals surface area contributed by atoms with Gasteiger partial charge in [0, 0.05) is 25.2 Å². The van der Waals surface area contributed by atoms with Crippen LogP contribution in [0.1, 0.15) is 25.8 Å². The van der Waals surface area contributed by atoms with E-state index < -0.39 is 10.0 Å². The van der Waals surface area contributed by atoms with Crippen LogP contribution in [0.15, 0.2) is 23.1 Å². The van der Waals surface area contributed by atoms with E-state index in [0.29, 0.717) is 17.3 Å². The van der Waals surface area contributed by atoms with Crippen LogP contribution in [0.4, 0.5) is 5.69 Å². The summed E-state index contributed by atoms with van der Waals surface area (Å²) in [5.41, 5.74) is 1.02. The summed E-state index contributed by atoms with van der Waals surface area (Å²) in [7, 11) is 0.411. The van der Waals surface area contributed by atoms with Crippen LogP contribution in [-0.4, -0.2) is 52.6 Å². The molecule has 126 valence electrons. The fourth-order valence-corrected chi connectivity index (χ4v) is 4.32. The van der Waals surface area contributed by atoms with Gasteiger partial charge in [0.1, 0.15) is 4.90 Å². The third-order valence-corrected chi connectivity index (χ3v) is 5.69. The number of nitriles is 1. The maximum absolute atomic E-state index is 12.6. The predicted octanol–water partition coefficient (Wildman–Crippen LogP) is 1.39. The third-order valence-electron chi connectivity index (χ3n) is 4.00. The smallest absolute Gasteiger partial charge is 0.242 e. The summed E-state index contributed by atoms with van der Waals surface area (Å²) in [5.74, 6) is 0. The molecule has 0 radical (unpaired) electrons. The summed E-state index contributed by atoms with van der Waals surface area (Å²) >= 11 is 0. The lowest BCUT2D eigenvalue weighted by Crippen LogP contribution is -2.34. The molecule has 1 atom stereocenters. The molecule has 1 saturated heterocycles. The normalized spacial score (nSPS) is 18.7. The second-order valence-corrected chi connectivity index (χ2v) is 8.10. The topological polar surface area (TPSA) is 76.4 Å². The van der Waals surface area contributed by atoms with Gasteiger partial charge in [-0.05, 0) is 52.6 Å². The van der Waals surface area contributed by atoms with E-state index in [-0.39, 0.29) is 10.9 Å². The molecule has 2 rings (SSSR count). The Morgan fingerprint density at radius 1 is 1.39 bits per heavy atom. The second-order valence-electron chi connectivity index (χ2n) is 6.42. The number of sulfonamides is 1. The Morgan fingerprint density at radius 2 is 2.09 bits per heavy atom. The van der Waals surface area contributed by atoms with E-state index in [2.05, 4.69) is 14.5 Å². The first-order chi connectivity index (χ1) is 10.7. The summed E-state index contributed by atoms with van der Waals surface area (Å²) in [4.78, 5) is 4.43. The Balaban J connectivity index is 2.43. The van der Waals surface area contributed by atoms with Crippen molar-refractivity contribution in [2.75, 3.05) is 32.1 Å². The lowest BCUT2D eigenvalue weighted by atomic mass is 10.2. The maximum atomic E-state index is 12.6. The van der Waals surface area contributed by atoms with E-state index in [1.807, 2.05) is 20.2 Å². The van der Waals surface area contributed by atoms with Crippen molar-refractivity contribution in [3.8, 4) is 6.07 Å². The van der Waals surface area contributed by atoms with Gasteiger partial charge in [-0.2, -0.15) is 5.26 Å². The predicted molar refractivity (Wildman–Crippen MR) is 90.9 cm³/mol. The van der Waals surface area contributed by atoms with E-state index in [1.54, 1.807) is 26.0 Å². The molecule has 1 fully saturated rings. The Labute approximate surface area is 138 Å². The SMILES string of the molecule is CC(C)NS(=O)(=O)c1cc(C#N)ccc1N1CCC(N(C)C)C1. The van der Waals surface area contributed by atoms with E-state index in [4.69, 9.17) is 5.26 Å². The van der Waals surface area contributed by atoms with Crippen LogP contribution in [0.5, 0.6) is 0 Å². The molecular weight excluding hydrogens is 312 g/mol. The quantitative estimate of drug-likeness (QED) is 0.879. The van der Waals surface area contributed by atoms with Crippen molar-refractivity contribution >= 4 is 15.7 Å². The van der Waals surface area contributed by atoms with Gasteiger partial charge in [0.2, 0.25) is 10.0 Å². The summed E-state index contributed by atoms with van der Waals surface area (Å²) < 4.78 is 27.9. The number of hydrogen-bond donors (Lipinski definition) is 1. The number of rotatable bonds is 5. The van der Waals surface area contributed by atoms with Crippen molar-refractivity contribution in [1.82, 2.24) is 9.62 Å². The zero-order valence-corrected chi connectivity index (χ0v) is 14.9. The molecule has 1 unspecified atom stereocenters. The van der Waals surface area contributed by atoms with E-state index in [1.165, 1.54) is 6.07 Å². The van der Waals surface area contributed by atoms with Gasteiger partial charge in [0.25, 0.3) is 0 Å². The van der Waals surface area contributed by atoms with Gasteiger partial charge in [0.05, 0.1) is 17.3 Å². The largest absolute Gasteiger partial charge is 0.369 e. The Kier molecular flexibility index (Phi) is 5.30. The van der Waals surface area contributed by atoms with Crippen LogP contribution >= 0.6 is 0 Å². The highest BCUT2D eigenvalue weighted by Gasteiger charge is 2.29. The van der Waals surface area contributed by atoms with Gasteiger partial charge in [-0.15, -0.1) is 0 Å². The van der Waals surface area contributed by atoms with E-state index >= 15 is 0 Å². The summed E-state index contributed by atoms with van der Waals surface area (Å²) in [5, 5.41) is 9.10. The summed E-state index contributed by atoms with van der Waals surface area (Å²) in [6.45, 7) is 5.15. The minimum atomic E-state index is -3.65. The van der Waals surface area contributed by atoms with Gasteiger partial charge in [0.15, 0.2) is 0 Å². The molecule has 1 heterocycles. The molecule has 0 bridgehead atoms. The minimum Gasteiger partial charge on any atom is -0.369 e. The maximum Gasteiger partial charge on any atom is 0.242 e. The first-order valence-corrected chi connectivity index (χ1v) is 9.20. The van der Waals surface area contributed by atoms with Crippen molar-refractivity contribution in [1.29, 1.82) is 5.26 Å². The number of hydrogen-bond acceptors (Lipinski definition) is 5. The van der Waals surface area contributed by atoms with Gasteiger partial charge in [-0.25, -0.2) is 13.1 Å². The molecule has 7 heteroatoms. The lowest BCUT2D eigenvalue weighted by molar-refractivity contribution is 0.315. The first kappa shape index (κ1) is 17.7. The molecule has 0 spiro atoms. The number of nitrogens with zero attached hydrogens (tertiary/aromatic N) is 3. The molecule has 1 aromatic rings. The molecule has 6 nitrogen and oxygen atoms in total. The monoisotopic (exact) mass is 336 g/mol. The molecule has 1 aliphatic heterocycles. The van der Waals surface area contributed by atoms with Gasteiger partial charge >= 0.3 is 0 Å². The molecule has 23 heavy (non-hydrogen) atoms. The molecule has 1 N–H and O–H groups in total.